The molecule has 1 fully saturated rings. The first kappa shape index (κ1) is 16.1. The van der Waals surface area contributed by atoms with Gasteiger partial charge in [0.2, 0.25) is 10.0 Å². The largest absolute Gasteiger partial charge is 0.573 e. The summed E-state index contributed by atoms with van der Waals surface area (Å²) in [6.45, 7) is 0.730. The van der Waals surface area contributed by atoms with Gasteiger partial charge in [0.1, 0.15) is 5.75 Å². The number of nitrogens with zero attached hydrogens (tertiary/aromatic N) is 1. The van der Waals surface area contributed by atoms with Gasteiger partial charge in [-0.15, -0.1) is 13.2 Å². The highest BCUT2D eigenvalue weighted by Gasteiger charge is 2.33. The van der Waals surface area contributed by atoms with Crippen molar-refractivity contribution in [2.24, 2.45) is 0 Å². The van der Waals surface area contributed by atoms with E-state index < -0.39 is 22.1 Å². The molecule has 1 heterocycles. The number of likely N-dealkylation sites (N-methyl/N-ethyl adjacent to an activating group) is 1. The Labute approximate surface area is 120 Å². The molecule has 118 valence electrons. The van der Waals surface area contributed by atoms with Crippen molar-refractivity contribution in [2.45, 2.75) is 23.7 Å². The van der Waals surface area contributed by atoms with Crippen LogP contribution in [0.1, 0.15) is 6.42 Å². The number of rotatable bonds is 4. The summed E-state index contributed by atoms with van der Waals surface area (Å²) in [7, 11) is -1.93. The maximum Gasteiger partial charge on any atom is 0.573 e. The molecule has 1 atom stereocenters. The molecule has 0 aliphatic carbocycles. The normalized spacial score (nSPS) is 20.7. The molecule has 1 aliphatic rings. The zero-order valence-electron chi connectivity index (χ0n) is 11.2. The standard InChI is InChI=1S/C12H15F3N2O3S/c1-16-9-6-7-17(8-9)21(18,19)11-4-2-10(3-5-11)20-12(13,14)15/h2-5,9,16H,6-8H2,1H3. The molecule has 9 heteroatoms. The van der Waals surface area contributed by atoms with Crippen molar-refractivity contribution >= 4 is 10.0 Å². The van der Waals surface area contributed by atoms with Gasteiger partial charge in [-0.05, 0) is 37.7 Å². The van der Waals surface area contributed by atoms with E-state index in [4.69, 9.17) is 0 Å². The summed E-state index contributed by atoms with van der Waals surface area (Å²) in [4.78, 5) is -0.0474. The van der Waals surface area contributed by atoms with Gasteiger partial charge in [-0.3, -0.25) is 0 Å². The van der Waals surface area contributed by atoms with Crippen LogP contribution < -0.4 is 10.1 Å². The lowest BCUT2D eigenvalue weighted by molar-refractivity contribution is -0.274. The van der Waals surface area contributed by atoms with Gasteiger partial charge < -0.3 is 10.1 Å². The van der Waals surface area contributed by atoms with Crippen molar-refractivity contribution in [2.75, 3.05) is 20.1 Å². The second-order valence-electron chi connectivity index (χ2n) is 4.66. The molecular weight excluding hydrogens is 309 g/mol. The molecule has 5 nitrogen and oxygen atoms in total. The van der Waals surface area contributed by atoms with E-state index in [1.165, 1.54) is 4.31 Å². The summed E-state index contributed by atoms with van der Waals surface area (Å²) in [6, 6.07) is 4.30. The minimum atomic E-state index is -4.80. The quantitative estimate of drug-likeness (QED) is 0.913. The molecule has 1 aromatic carbocycles. The van der Waals surface area contributed by atoms with Gasteiger partial charge in [-0.1, -0.05) is 0 Å². The molecule has 1 aromatic rings. The highest BCUT2D eigenvalue weighted by molar-refractivity contribution is 7.89. The van der Waals surface area contributed by atoms with E-state index in [0.29, 0.717) is 19.5 Å². The van der Waals surface area contributed by atoms with Crippen LogP contribution in [0.25, 0.3) is 0 Å². The third-order valence-corrected chi connectivity index (χ3v) is 5.13. The number of benzene rings is 1. The first-order chi connectivity index (χ1) is 9.72. The number of sulfonamides is 1. The fourth-order valence-corrected chi connectivity index (χ4v) is 3.64. The Kier molecular flexibility index (Phi) is 4.45. The molecule has 1 unspecified atom stereocenters. The van der Waals surface area contributed by atoms with E-state index in [0.717, 1.165) is 24.3 Å². The van der Waals surface area contributed by atoms with Crippen LogP contribution >= 0.6 is 0 Å². The van der Waals surface area contributed by atoms with Crippen molar-refractivity contribution in [3.8, 4) is 5.75 Å². The lowest BCUT2D eigenvalue weighted by atomic mass is 10.3. The van der Waals surface area contributed by atoms with Gasteiger partial charge in [0.25, 0.3) is 0 Å². The van der Waals surface area contributed by atoms with Crippen molar-refractivity contribution < 1.29 is 26.3 Å². The molecule has 0 aromatic heterocycles. The highest BCUT2D eigenvalue weighted by Crippen LogP contribution is 2.26. The van der Waals surface area contributed by atoms with Gasteiger partial charge in [0.15, 0.2) is 0 Å². The third-order valence-electron chi connectivity index (χ3n) is 3.25. The molecule has 21 heavy (non-hydrogen) atoms. The predicted octanol–water partition coefficient (Wildman–Crippen LogP) is 1.57. The lowest BCUT2D eigenvalue weighted by Gasteiger charge is -2.17. The Balaban J connectivity index is 2.14. The summed E-state index contributed by atoms with van der Waals surface area (Å²) >= 11 is 0. The molecule has 0 amide bonds. The van der Waals surface area contributed by atoms with Crippen LogP contribution in [0.15, 0.2) is 29.2 Å². The number of halogens is 3. The van der Waals surface area contributed by atoms with E-state index >= 15 is 0 Å². The summed E-state index contributed by atoms with van der Waals surface area (Å²) in [5, 5.41) is 3.00. The van der Waals surface area contributed by atoms with E-state index in [-0.39, 0.29) is 10.9 Å². The van der Waals surface area contributed by atoms with Crippen molar-refractivity contribution in [1.29, 1.82) is 0 Å². The molecule has 1 saturated heterocycles. The zero-order valence-corrected chi connectivity index (χ0v) is 12.0. The number of alkyl halides is 3. The second kappa shape index (κ2) is 5.82. The van der Waals surface area contributed by atoms with Crippen molar-refractivity contribution in [3.05, 3.63) is 24.3 Å². The fraction of sp³-hybridized carbons (Fsp3) is 0.500. The third kappa shape index (κ3) is 3.86. The summed E-state index contributed by atoms with van der Waals surface area (Å²) in [5.74, 6) is -0.448. The van der Waals surface area contributed by atoms with Crippen LogP contribution in [0.4, 0.5) is 13.2 Å². The smallest absolute Gasteiger partial charge is 0.406 e. The molecular formula is C12H15F3N2O3S. The summed E-state index contributed by atoms with van der Waals surface area (Å²) in [6.07, 6.45) is -4.10. The first-order valence-corrected chi connectivity index (χ1v) is 7.69. The number of hydrogen-bond donors (Lipinski definition) is 1. The molecule has 0 saturated carbocycles. The van der Waals surface area contributed by atoms with Crippen molar-refractivity contribution in [1.82, 2.24) is 9.62 Å². The molecule has 0 radical (unpaired) electrons. The Hall–Kier alpha value is -1.32. The number of ether oxygens (including phenoxy) is 1. The predicted molar refractivity (Wildman–Crippen MR) is 69.3 cm³/mol. The van der Waals surface area contributed by atoms with Crippen LogP contribution in [-0.4, -0.2) is 45.3 Å². The maximum atomic E-state index is 12.3. The molecule has 1 N–H and O–H groups in total. The number of nitrogens with one attached hydrogen (secondary N) is 1. The van der Waals surface area contributed by atoms with Gasteiger partial charge in [0, 0.05) is 19.1 Å². The van der Waals surface area contributed by atoms with E-state index in [2.05, 4.69) is 10.1 Å². The summed E-state index contributed by atoms with van der Waals surface area (Å²) in [5.41, 5.74) is 0. The second-order valence-corrected chi connectivity index (χ2v) is 6.59. The minimum absolute atomic E-state index is 0.0474. The van der Waals surface area contributed by atoms with E-state index in [1.54, 1.807) is 7.05 Å². The van der Waals surface area contributed by atoms with Crippen molar-refractivity contribution in [3.63, 3.8) is 0 Å². The maximum absolute atomic E-state index is 12.3. The van der Waals surface area contributed by atoms with Crippen LogP contribution in [0.2, 0.25) is 0 Å². The average Bonchev–Trinajstić information content (AvgIpc) is 2.87. The fourth-order valence-electron chi connectivity index (χ4n) is 2.14. The Bertz CT molecular complexity index is 587. The lowest BCUT2D eigenvalue weighted by Crippen LogP contribution is -2.33. The molecule has 0 spiro atoms. The Morgan fingerprint density at radius 1 is 1.29 bits per heavy atom. The molecule has 2 rings (SSSR count). The van der Waals surface area contributed by atoms with Gasteiger partial charge in [-0.25, -0.2) is 8.42 Å². The van der Waals surface area contributed by atoms with Crippen LogP contribution in [0.5, 0.6) is 5.75 Å². The minimum Gasteiger partial charge on any atom is -0.406 e. The van der Waals surface area contributed by atoms with Crippen LogP contribution in [0, 0.1) is 0 Å². The number of hydrogen-bond acceptors (Lipinski definition) is 4. The monoisotopic (exact) mass is 324 g/mol. The SMILES string of the molecule is CNC1CCN(S(=O)(=O)c2ccc(OC(F)(F)F)cc2)C1. The van der Waals surface area contributed by atoms with Crippen LogP contribution in [-0.2, 0) is 10.0 Å². The topological polar surface area (TPSA) is 58.6 Å². The zero-order chi connectivity index (χ0) is 15.7. The Morgan fingerprint density at radius 3 is 2.38 bits per heavy atom. The highest BCUT2D eigenvalue weighted by atomic mass is 32.2. The molecule has 1 aliphatic heterocycles. The van der Waals surface area contributed by atoms with Gasteiger partial charge >= 0.3 is 6.36 Å². The van der Waals surface area contributed by atoms with E-state index in [1.807, 2.05) is 0 Å². The Morgan fingerprint density at radius 2 is 1.90 bits per heavy atom. The van der Waals surface area contributed by atoms with Gasteiger partial charge in [-0.2, -0.15) is 4.31 Å². The molecule has 0 bridgehead atoms. The summed E-state index contributed by atoms with van der Waals surface area (Å²) < 4.78 is 65.8. The van der Waals surface area contributed by atoms with E-state index in [9.17, 15) is 21.6 Å². The van der Waals surface area contributed by atoms with Crippen LogP contribution in [0.3, 0.4) is 0 Å². The first-order valence-electron chi connectivity index (χ1n) is 6.25. The average molecular weight is 324 g/mol. The van der Waals surface area contributed by atoms with Gasteiger partial charge in [0.05, 0.1) is 4.90 Å².